The van der Waals surface area contributed by atoms with Crippen molar-refractivity contribution in [1.82, 2.24) is 9.88 Å². The molecule has 8 nitrogen and oxygen atoms in total. The smallest absolute Gasteiger partial charge is 0.295 e. The van der Waals surface area contributed by atoms with Gasteiger partial charge in [-0.3, -0.25) is 10.1 Å². The van der Waals surface area contributed by atoms with Crippen LogP contribution in [0.25, 0.3) is 0 Å². The van der Waals surface area contributed by atoms with Crippen LogP contribution < -0.4 is 15.4 Å². The number of nitro groups is 1. The Balaban J connectivity index is 1.77. The molecule has 3 rings (SSSR count). The Morgan fingerprint density at radius 1 is 1.21 bits per heavy atom. The van der Waals surface area contributed by atoms with Crippen molar-refractivity contribution in [2.24, 2.45) is 0 Å². The first-order valence-electron chi connectivity index (χ1n) is 7.65. The van der Waals surface area contributed by atoms with E-state index in [1.165, 1.54) is 12.1 Å². The lowest BCUT2D eigenvalue weighted by molar-refractivity contribution is -0.384. The molecule has 24 heavy (non-hydrogen) atoms. The summed E-state index contributed by atoms with van der Waals surface area (Å²) in [7, 11) is 2.10. The second-order valence-electron chi connectivity index (χ2n) is 5.70. The number of aromatic nitrogens is 1. The lowest BCUT2D eigenvalue weighted by Gasteiger charge is -2.33. The molecule has 1 aliphatic heterocycles. The Labute approximate surface area is 139 Å². The average molecular weight is 329 g/mol. The zero-order valence-electron chi connectivity index (χ0n) is 13.4. The minimum atomic E-state index is -0.531. The van der Waals surface area contributed by atoms with Gasteiger partial charge in [-0.05, 0) is 25.2 Å². The van der Waals surface area contributed by atoms with Crippen LogP contribution in [0.5, 0.6) is 11.6 Å². The van der Waals surface area contributed by atoms with Crippen LogP contribution in [0.3, 0.4) is 0 Å². The second-order valence-corrected chi connectivity index (χ2v) is 5.70. The van der Waals surface area contributed by atoms with E-state index in [-0.39, 0.29) is 11.4 Å². The highest BCUT2D eigenvalue weighted by atomic mass is 16.6. The van der Waals surface area contributed by atoms with Crippen molar-refractivity contribution in [3.63, 3.8) is 0 Å². The number of hydrogen-bond donors (Lipinski definition) is 1. The van der Waals surface area contributed by atoms with E-state index in [1.807, 2.05) is 12.1 Å². The highest BCUT2D eigenvalue weighted by Gasteiger charge is 2.16. The highest BCUT2D eigenvalue weighted by molar-refractivity contribution is 5.61. The summed E-state index contributed by atoms with van der Waals surface area (Å²) >= 11 is 0. The molecule has 0 amide bonds. The third-order valence-electron chi connectivity index (χ3n) is 3.96. The number of piperazine rings is 1. The molecule has 0 bridgehead atoms. The van der Waals surface area contributed by atoms with Crippen molar-refractivity contribution in [2.45, 2.75) is 0 Å². The number of benzene rings is 1. The fourth-order valence-corrected chi connectivity index (χ4v) is 2.54. The van der Waals surface area contributed by atoms with Gasteiger partial charge in [0.15, 0.2) is 0 Å². The molecular weight excluding hydrogens is 310 g/mol. The van der Waals surface area contributed by atoms with Crippen molar-refractivity contribution in [3.8, 4) is 11.6 Å². The zero-order chi connectivity index (χ0) is 17.1. The van der Waals surface area contributed by atoms with Gasteiger partial charge in [0.25, 0.3) is 5.69 Å². The van der Waals surface area contributed by atoms with Crippen molar-refractivity contribution >= 4 is 17.2 Å². The Bertz CT molecular complexity index is 744. The number of nitrogens with two attached hydrogens (primary N) is 1. The molecule has 8 heteroatoms. The number of rotatable bonds is 4. The van der Waals surface area contributed by atoms with Crippen molar-refractivity contribution in [1.29, 1.82) is 0 Å². The summed E-state index contributed by atoms with van der Waals surface area (Å²) in [6, 6.07) is 9.87. The van der Waals surface area contributed by atoms with E-state index in [1.54, 1.807) is 12.1 Å². The molecular formula is C16H19N5O3. The molecule has 0 atom stereocenters. The first kappa shape index (κ1) is 16.0. The molecule has 0 spiro atoms. The minimum Gasteiger partial charge on any atom is -0.439 e. The number of anilines is 2. The zero-order valence-corrected chi connectivity index (χ0v) is 13.4. The average Bonchev–Trinajstić information content (AvgIpc) is 2.57. The number of nitrogen functional groups attached to an aromatic ring is 1. The van der Waals surface area contributed by atoms with Crippen LogP contribution in [0.15, 0.2) is 36.4 Å². The molecule has 0 radical (unpaired) electrons. The molecule has 1 aliphatic rings. The van der Waals surface area contributed by atoms with Crippen LogP contribution in [0.2, 0.25) is 0 Å². The number of pyridine rings is 1. The van der Waals surface area contributed by atoms with E-state index < -0.39 is 4.92 Å². The van der Waals surface area contributed by atoms with Crippen molar-refractivity contribution < 1.29 is 9.66 Å². The second kappa shape index (κ2) is 6.71. The molecule has 1 aromatic heterocycles. The molecule has 2 aromatic rings. The molecule has 1 saturated heterocycles. The van der Waals surface area contributed by atoms with Crippen LogP contribution >= 0.6 is 0 Å². The summed E-state index contributed by atoms with van der Waals surface area (Å²) in [6.07, 6.45) is 0. The topological polar surface area (TPSA) is 97.8 Å². The fraction of sp³-hybridized carbons (Fsp3) is 0.312. The standard InChI is InChI=1S/C16H19N5O3/c1-19-7-9-20(10-8-19)15-3-2-4-16(18-15)24-12-5-6-13(17)14(11-12)21(22)23/h2-6,11H,7-10,17H2,1H3. The quantitative estimate of drug-likeness (QED) is 0.521. The third kappa shape index (κ3) is 3.54. The molecule has 2 heterocycles. The van der Waals surface area contributed by atoms with Gasteiger partial charge in [0, 0.05) is 32.2 Å². The molecule has 1 aromatic carbocycles. The molecule has 0 aliphatic carbocycles. The van der Waals surface area contributed by atoms with E-state index in [2.05, 4.69) is 21.8 Å². The van der Waals surface area contributed by atoms with E-state index in [0.717, 1.165) is 32.0 Å². The minimum absolute atomic E-state index is 0.103. The van der Waals surface area contributed by atoms with Gasteiger partial charge in [-0.2, -0.15) is 4.98 Å². The van der Waals surface area contributed by atoms with Gasteiger partial charge in [0.1, 0.15) is 17.3 Å². The van der Waals surface area contributed by atoms with Crippen LogP contribution in [0, 0.1) is 10.1 Å². The molecule has 0 saturated carbocycles. The number of nitrogens with zero attached hydrogens (tertiary/aromatic N) is 4. The maximum Gasteiger partial charge on any atom is 0.295 e. The fourth-order valence-electron chi connectivity index (χ4n) is 2.54. The first-order valence-corrected chi connectivity index (χ1v) is 7.65. The first-order chi connectivity index (χ1) is 11.5. The lowest BCUT2D eigenvalue weighted by atomic mass is 10.2. The van der Waals surface area contributed by atoms with Crippen LogP contribution in [0.1, 0.15) is 0 Å². The Kier molecular flexibility index (Phi) is 4.48. The van der Waals surface area contributed by atoms with Gasteiger partial charge >= 0.3 is 0 Å². The Morgan fingerprint density at radius 2 is 1.96 bits per heavy atom. The van der Waals surface area contributed by atoms with E-state index >= 15 is 0 Å². The van der Waals surface area contributed by atoms with Gasteiger partial charge in [-0.15, -0.1) is 0 Å². The predicted molar refractivity (Wildman–Crippen MR) is 91.5 cm³/mol. The summed E-state index contributed by atoms with van der Waals surface area (Å²) in [4.78, 5) is 19.4. The number of hydrogen-bond acceptors (Lipinski definition) is 7. The van der Waals surface area contributed by atoms with E-state index in [0.29, 0.717) is 11.6 Å². The van der Waals surface area contributed by atoms with Crippen LogP contribution in [0.4, 0.5) is 17.2 Å². The largest absolute Gasteiger partial charge is 0.439 e. The normalized spacial score (nSPS) is 15.3. The number of nitro benzene ring substituents is 1. The Hall–Kier alpha value is -2.87. The SMILES string of the molecule is CN1CCN(c2cccc(Oc3ccc(N)c([N+](=O)[O-])c3)n2)CC1. The van der Waals surface area contributed by atoms with Gasteiger partial charge in [-0.25, -0.2) is 0 Å². The maximum absolute atomic E-state index is 11.0. The third-order valence-corrected chi connectivity index (χ3v) is 3.96. The molecule has 126 valence electrons. The van der Waals surface area contributed by atoms with Crippen molar-refractivity contribution in [2.75, 3.05) is 43.9 Å². The summed E-state index contributed by atoms with van der Waals surface area (Å²) in [5, 5.41) is 11.0. The highest BCUT2D eigenvalue weighted by Crippen LogP contribution is 2.29. The summed E-state index contributed by atoms with van der Waals surface area (Å²) in [5.41, 5.74) is 5.52. The van der Waals surface area contributed by atoms with E-state index in [4.69, 9.17) is 10.5 Å². The molecule has 2 N–H and O–H groups in total. The van der Waals surface area contributed by atoms with Crippen LogP contribution in [-0.2, 0) is 0 Å². The van der Waals surface area contributed by atoms with Gasteiger partial charge in [-0.1, -0.05) is 6.07 Å². The van der Waals surface area contributed by atoms with Crippen molar-refractivity contribution in [3.05, 3.63) is 46.5 Å². The van der Waals surface area contributed by atoms with Gasteiger partial charge < -0.3 is 20.3 Å². The molecule has 1 fully saturated rings. The number of ether oxygens (including phenoxy) is 1. The van der Waals surface area contributed by atoms with Gasteiger partial charge in [0.2, 0.25) is 5.88 Å². The number of likely N-dealkylation sites (N-methyl/N-ethyl adjacent to an activating group) is 1. The Morgan fingerprint density at radius 3 is 2.67 bits per heavy atom. The van der Waals surface area contributed by atoms with E-state index in [9.17, 15) is 10.1 Å². The lowest BCUT2D eigenvalue weighted by Crippen LogP contribution is -2.44. The maximum atomic E-state index is 11.0. The monoisotopic (exact) mass is 329 g/mol. The summed E-state index contributed by atoms with van der Waals surface area (Å²) < 4.78 is 5.67. The van der Waals surface area contributed by atoms with Gasteiger partial charge in [0.05, 0.1) is 11.0 Å². The van der Waals surface area contributed by atoms with Crippen LogP contribution in [-0.4, -0.2) is 48.0 Å². The molecule has 0 unspecified atom stereocenters. The summed E-state index contributed by atoms with van der Waals surface area (Å²) in [5.74, 6) is 1.56. The predicted octanol–water partition coefficient (Wildman–Crippen LogP) is 2.12. The summed E-state index contributed by atoms with van der Waals surface area (Å²) in [6.45, 7) is 3.77.